The predicted molar refractivity (Wildman–Crippen MR) is 50.8 cm³/mol. The molecule has 0 saturated carbocycles. The Hall–Kier alpha value is -0.610. The van der Waals surface area contributed by atoms with E-state index in [1.807, 2.05) is 13.8 Å². The van der Waals surface area contributed by atoms with Crippen molar-refractivity contribution in [1.82, 2.24) is 0 Å². The molecule has 0 spiro atoms. The Kier molecular flexibility index (Phi) is 3.17. The van der Waals surface area contributed by atoms with E-state index in [4.69, 9.17) is 9.47 Å². The number of ether oxygens (including phenoxy) is 2. The Labute approximate surface area is 84.2 Å². The third-order valence-electron chi connectivity index (χ3n) is 2.38. The van der Waals surface area contributed by atoms with Gasteiger partial charge in [-0.1, -0.05) is 0 Å². The van der Waals surface area contributed by atoms with Crippen LogP contribution in [-0.4, -0.2) is 35.5 Å². The molecular weight excluding hydrogens is 184 g/mol. The van der Waals surface area contributed by atoms with Crippen molar-refractivity contribution in [3.63, 3.8) is 0 Å². The summed E-state index contributed by atoms with van der Waals surface area (Å²) in [6.45, 7) is 6.13. The molecule has 0 aromatic carbocycles. The number of rotatable bonds is 2. The zero-order chi connectivity index (χ0) is 10.8. The molecular formula is C10H18O4. The molecule has 14 heavy (non-hydrogen) atoms. The highest BCUT2D eigenvalue weighted by atomic mass is 16.6. The number of carbonyl (C=O) groups is 1. The van der Waals surface area contributed by atoms with E-state index in [-0.39, 0.29) is 0 Å². The fraction of sp³-hybridized carbons (Fsp3) is 0.900. The summed E-state index contributed by atoms with van der Waals surface area (Å²) in [5.41, 5.74) is -1.82. The third kappa shape index (κ3) is 2.45. The molecule has 4 heteroatoms. The van der Waals surface area contributed by atoms with Crippen LogP contribution >= 0.6 is 0 Å². The zero-order valence-electron chi connectivity index (χ0n) is 9.00. The molecule has 1 fully saturated rings. The van der Waals surface area contributed by atoms with E-state index in [0.29, 0.717) is 26.1 Å². The molecule has 82 valence electrons. The van der Waals surface area contributed by atoms with E-state index in [1.165, 1.54) is 0 Å². The molecule has 1 N–H and O–H groups in total. The summed E-state index contributed by atoms with van der Waals surface area (Å²) in [4.78, 5) is 11.5. The van der Waals surface area contributed by atoms with Gasteiger partial charge in [-0.25, -0.2) is 4.79 Å². The molecule has 1 saturated heterocycles. The van der Waals surface area contributed by atoms with Gasteiger partial charge in [0, 0.05) is 12.8 Å². The van der Waals surface area contributed by atoms with Crippen LogP contribution in [0.25, 0.3) is 0 Å². The second kappa shape index (κ2) is 3.87. The fourth-order valence-electron chi connectivity index (χ4n) is 1.78. The SMILES string of the molecule is CCOC(=O)C1(O)CCOC(C)(C)C1. The van der Waals surface area contributed by atoms with Crippen LogP contribution in [0.3, 0.4) is 0 Å². The van der Waals surface area contributed by atoms with E-state index in [2.05, 4.69) is 0 Å². The summed E-state index contributed by atoms with van der Waals surface area (Å²) in [7, 11) is 0. The molecule has 0 aliphatic carbocycles. The van der Waals surface area contributed by atoms with E-state index >= 15 is 0 Å². The van der Waals surface area contributed by atoms with Gasteiger partial charge >= 0.3 is 5.97 Å². The first-order valence-corrected chi connectivity index (χ1v) is 4.93. The molecule has 4 nitrogen and oxygen atoms in total. The third-order valence-corrected chi connectivity index (χ3v) is 2.38. The van der Waals surface area contributed by atoms with Gasteiger partial charge in [-0.3, -0.25) is 0 Å². The Morgan fingerprint density at radius 2 is 2.21 bits per heavy atom. The smallest absolute Gasteiger partial charge is 0.338 e. The summed E-state index contributed by atoms with van der Waals surface area (Å²) < 4.78 is 10.3. The second-order valence-electron chi connectivity index (χ2n) is 4.29. The maximum Gasteiger partial charge on any atom is 0.338 e. The summed E-state index contributed by atoms with van der Waals surface area (Å²) in [6.07, 6.45) is 0.605. The van der Waals surface area contributed by atoms with Crippen molar-refractivity contribution in [2.75, 3.05) is 13.2 Å². The Bertz CT molecular complexity index is 224. The quantitative estimate of drug-likeness (QED) is 0.675. The Morgan fingerprint density at radius 1 is 1.57 bits per heavy atom. The average molecular weight is 202 g/mol. The van der Waals surface area contributed by atoms with Crippen molar-refractivity contribution in [3.8, 4) is 0 Å². The average Bonchev–Trinajstić information content (AvgIpc) is 2.02. The lowest BCUT2D eigenvalue weighted by Crippen LogP contribution is -2.51. The molecule has 1 aliphatic heterocycles. The highest BCUT2D eigenvalue weighted by Gasteiger charge is 2.45. The van der Waals surface area contributed by atoms with Gasteiger partial charge in [-0.05, 0) is 20.8 Å². The molecule has 0 aromatic heterocycles. The summed E-state index contributed by atoms with van der Waals surface area (Å²) in [6, 6.07) is 0. The monoisotopic (exact) mass is 202 g/mol. The minimum Gasteiger partial charge on any atom is -0.464 e. The first kappa shape index (κ1) is 11.5. The fourth-order valence-corrected chi connectivity index (χ4v) is 1.78. The number of esters is 1. The molecule has 0 bridgehead atoms. The molecule has 1 unspecified atom stereocenters. The van der Waals surface area contributed by atoms with Crippen molar-refractivity contribution in [2.45, 2.75) is 44.8 Å². The minimum atomic E-state index is -1.36. The highest BCUT2D eigenvalue weighted by Crippen LogP contribution is 2.32. The van der Waals surface area contributed by atoms with Crippen LogP contribution in [0.2, 0.25) is 0 Å². The van der Waals surface area contributed by atoms with Gasteiger partial charge in [-0.15, -0.1) is 0 Å². The van der Waals surface area contributed by atoms with Gasteiger partial charge in [0.1, 0.15) is 0 Å². The van der Waals surface area contributed by atoms with E-state index < -0.39 is 17.2 Å². The maximum atomic E-state index is 11.5. The van der Waals surface area contributed by atoms with Gasteiger partial charge < -0.3 is 14.6 Å². The number of hydrogen-bond donors (Lipinski definition) is 1. The van der Waals surface area contributed by atoms with Crippen LogP contribution in [0.15, 0.2) is 0 Å². The molecule has 1 aliphatic rings. The lowest BCUT2D eigenvalue weighted by atomic mass is 9.84. The lowest BCUT2D eigenvalue weighted by Gasteiger charge is -2.39. The van der Waals surface area contributed by atoms with Crippen molar-refractivity contribution in [3.05, 3.63) is 0 Å². The Morgan fingerprint density at radius 3 is 2.71 bits per heavy atom. The van der Waals surface area contributed by atoms with Crippen LogP contribution in [0.5, 0.6) is 0 Å². The molecule has 0 aromatic rings. The normalized spacial score (nSPS) is 31.1. The summed E-state index contributed by atoms with van der Waals surface area (Å²) in [5.74, 6) is -0.531. The number of hydrogen-bond acceptors (Lipinski definition) is 4. The second-order valence-corrected chi connectivity index (χ2v) is 4.29. The Balaban J connectivity index is 2.68. The van der Waals surface area contributed by atoms with Gasteiger partial charge in [0.15, 0.2) is 5.60 Å². The molecule has 0 radical (unpaired) electrons. The van der Waals surface area contributed by atoms with Crippen LogP contribution in [0, 0.1) is 0 Å². The standard InChI is InChI=1S/C10H18O4/c1-4-13-8(11)10(12)5-6-14-9(2,3)7-10/h12H,4-7H2,1-3H3. The van der Waals surface area contributed by atoms with Crippen LogP contribution in [0.1, 0.15) is 33.6 Å². The summed E-state index contributed by atoms with van der Waals surface area (Å²) >= 11 is 0. The van der Waals surface area contributed by atoms with Crippen molar-refractivity contribution < 1.29 is 19.4 Å². The first-order valence-electron chi connectivity index (χ1n) is 4.93. The topological polar surface area (TPSA) is 55.8 Å². The van der Waals surface area contributed by atoms with Crippen molar-refractivity contribution in [1.29, 1.82) is 0 Å². The highest BCUT2D eigenvalue weighted by molar-refractivity contribution is 5.79. The van der Waals surface area contributed by atoms with Gasteiger partial charge in [0.2, 0.25) is 0 Å². The van der Waals surface area contributed by atoms with E-state index in [1.54, 1.807) is 6.92 Å². The van der Waals surface area contributed by atoms with Crippen LogP contribution < -0.4 is 0 Å². The van der Waals surface area contributed by atoms with Crippen LogP contribution in [0.4, 0.5) is 0 Å². The lowest BCUT2D eigenvalue weighted by molar-refractivity contribution is -0.190. The van der Waals surface area contributed by atoms with Gasteiger partial charge in [0.05, 0.1) is 18.8 Å². The van der Waals surface area contributed by atoms with Crippen molar-refractivity contribution in [2.24, 2.45) is 0 Å². The zero-order valence-corrected chi connectivity index (χ0v) is 9.00. The maximum absolute atomic E-state index is 11.5. The van der Waals surface area contributed by atoms with Gasteiger partial charge in [-0.2, -0.15) is 0 Å². The molecule has 1 atom stereocenters. The van der Waals surface area contributed by atoms with Gasteiger partial charge in [0.25, 0.3) is 0 Å². The molecule has 1 rings (SSSR count). The summed E-state index contributed by atoms with van der Waals surface area (Å²) in [5, 5.41) is 10.1. The largest absolute Gasteiger partial charge is 0.464 e. The number of carbonyl (C=O) groups excluding carboxylic acids is 1. The van der Waals surface area contributed by atoms with E-state index in [9.17, 15) is 9.90 Å². The molecule has 0 amide bonds. The minimum absolute atomic E-state index is 0.291. The molecule has 1 heterocycles. The first-order chi connectivity index (χ1) is 6.40. The van der Waals surface area contributed by atoms with E-state index in [0.717, 1.165) is 0 Å². The van der Waals surface area contributed by atoms with Crippen LogP contribution in [-0.2, 0) is 14.3 Å². The van der Waals surface area contributed by atoms with Crippen molar-refractivity contribution >= 4 is 5.97 Å². The predicted octanol–water partition coefficient (Wildman–Crippen LogP) is 0.870. The number of aliphatic hydroxyl groups is 1.